The average molecular weight is 281 g/mol. The summed E-state index contributed by atoms with van der Waals surface area (Å²) in [7, 11) is 0. The summed E-state index contributed by atoms with van der Waals surface area (Å²) in [4.78, 5) is 17.5. The number of ether oxygens (including phenoxy) is 1. The van der Waals surface area contributed by atoms with Crippen LogP contribution in [-0.2, 0) is 4.79 Å². The van der Waals surface area contributed by atoms with Gasteiger partial charge in [-0.05, 0) is 30.3 Å². The molecule has 0 atom stereocenters. The van der Waals surface area contributed by atoms with Crippen LogP contribution in [0.1, 0.15) is 0 Å². The number of halogens is 2. The van der Waals surface area contributed by atoms with Gasteiger partial charge in [0.05, 0.1) is 10.7 Å². The molecular weight excluding hydrogens is 275 g/mol. The van der Waals surface area contributed by atoms with E-state index in [2.05, 4.69) is 9.98 Å². The summed E-state index contributed by atoms with van der Waals surface area (Å²) in [6.07, 6.45) is 2.89. The van der Waals surface area contributed by atoms with E-state index in [4.69, 9.17) is 27.9 Å². The van der Waals surface area contributed by atoms with E-state index in [0.717, 1.165) is 0 Å². The first-order valence-corrected chi connectivity index (χ1v) is 5.61. The third kappa shape index (κ3) is 3.08. The fourth-order valence-corrected chi connectivity index (χ4v) is 1.65. The van der Waals surface area contributed by atoms with Crippen LogP contribution in [0.5, 0.6) is 11.6 Å². The molecule has 1 aromatic carbocycles. The topological polar surface area (TPSA) is 51.5 Å². The summed E-state index contributed by atoms with van der Waals surface area (Å²) in [5, 5.41) is 0.750. The van der Waals surface area contributed by atoms with Gasteiger partial charge in [0.25, 0.3) is 0 Å². The predicted octanol–water partition coefficient (Wildman–Crippen LogP) is 4.15. The van der Waals surface area contributed by atoms with Gasteiger partial charge in [0.2, 0.25) is 12.0 Å². The quantitative estimate of drug-likeness (QED) is 0.627. The number of rotatable bonds is 3. The fraction of sp³-hybridized carbons (Fsp3) is 0. The molecule has 0 amide bonds. The Morgan fingerprint density at radius 3 is 2.56 bits per heavy atom. The van der Waals surface area contributed by atoms with Crippen LogP contribution in [0.15, 0.2) is 41.5 Å². The van der Waals surface area contributed by atoms with Gasteiger partial charge in [0.1, 0.15) is 10.8 Å². The van der Waals surface area contributed by atoms with Crippen molar-refractivity contribution < 1.29 is 9.53 Å². The van der Waals surface area contributed by atoms with Crippen molar-refractivity contribution in [1.82, 2.24) is 4.98 Å². The van der Waals surface area contributed by atoms with Crippen LogP contribution in [-0.4, -0.2) is 11.1 Å². The Balaban J connectivity index is 2.20. The second-order valence-corrected chi connectivity index (χ2v) is 4.08. The number of hydrogen-bond acceptors (Lipinski definition) is 4. The van der Waals surface area contributed by atoms with Gasteiger partial charge in [-0.1, -0.05) is 23.2 Å². The highest BCUT2D eigenvalue weighted by atomic mass is 35.5. The number of hydrogen-bond donors (Lipinski definition) is 0. The summed E-state index contributed by atoms with van der Waals surface area (Å²) >= 11 is 11.6. The van der Waals surface area contributed by atoms with Gasteiger partial charge < -0.3 is 4.74 Å². The number of carbonyl (C=O) groups excluding carboxylic acids is 1. The molecular formula is C12H6Cl2N2O2. The summed E-state index contributed by atoms with van der Waals surface area (Å²) in [6.45, 7) is 0. The van der Waals surface area contributed by atoms with Crippen molar-refractivity contribution in [2.45, 2.75) is 0 Å². The smallest absolute Gasteiger partial charge is 0.240 e. The lowest BCUT2D eigenvalue weighted by atomic mass is 10.3. The molecule has 0 radical (unpaired) electrons. The van der Waals surface area contributed by atoms with Gasteiger partial charge in [-0.25, -0.2) is 9.78 Å². The molecule has 2 aromatic rings. The zero-order chi connectivity index (χ0) is 13.0. The minimum absolute atomic E-state index is 0.257. The zero-order valence-corrected chi connectivity index (χ0v) is 10.4. The van der Waals surface area contributed by atoms with E-state index in [-0.39, 0.29) is 5.88 Å². The first-order valence-electron chi connectivity index (χ1n) is 4.86. The molecule has 0 saturated carbocycles. The van der Waals surface area contributed by atoms with Crippen molar-refractivity contribution in [2.24, 2.45) is 4.99 Å². The highest BCUT2D eigenvalue weighted by Gasteiger charge is 2.05. The third-order valence-corrected chi connectivity index (χ3v) is 2.48. The molecule has 90 valence electrons. The molecule has 0 fully saturated rings. The molecule has 2 rings (SSSR count). The van der Waals surface area contributed by atoms with Crippen molar-refractivity contribution >= 4 is 35.0 Å². The number of aromatic nitrogens is 1. The second kappa shape index (κ2) is 5.65. The lowest BCUT2D eigenvalue weighted by Crippen LogP contribution is -1.88. The van der Waals surface area contributed by atoms with Crippen LogP contribution in [0.2, 0.25) is 10.0 Å². The minimum atomic E-state index is 0.257. The second-order valence-electron chi connectivity index (χ2n) is 3.24. The van der Waals surface area contributed by atoms with E-state index < -0.39 is 0 Å². The Bertz CT molecular complexity index is 608. The van der Waals surface area contributed by atoms with Gasteiger partial charge >= 0.3 is 0 Å². The molecule has 0 aliphatic carbocycles. The van der Waals surface area contributed by atoms with Gasteiger partial charge in [-0.15, -0.1) is 0 Å². The molecule has 1 heterocycles. The summed E-state index contributed by atoms with van der Waals surface area (Å²) in [5.41, 5.74) is 0.493. The molecule has 18 heavy (non-hydrogen) atoms. The Labute approximate surface area is 113 Å². The maximum Gasteiger partial charge on any atom is 0.240 e. The highest BCUT2D eigenvalue weighted by Crippen LogP contribution is 2.29. The van der Waals surface area contributed by atoms with Gasteiger partial charge in [-0.2, -0.15) is 4.99 Å². The molecule has 0 saturated heterocycles. The van der Waals surface area contributed by atoms with Crippen LogP contribution in [0.4, 0.5) is 5.69 Å². The number of isocyanates is 1. The summed E-state index contributed by atoms with van der Waals surface area (Å²) < 4.78 is 5.46. The van der Waals surface area contributed by atoms with E-state index in [0.29, 0.717) is 21.5 Å². The Morgan fingerprint density at radius 2 is 1.94 bits per heavy atom. The first-order chi connectivity index (χ1) is 8.69. The van der Waals surface area contributed by atoms with E-state index in [1.165, 1.54) is 18.3 Å². The van der Waals surface area contributed by atoms with E-state index in [1.54, 1.807) is 24.3 Å². The van der Waals surface area contributed by atoms with Crippen molar-refractivity contribution in [3.05, 3.63) is 46.6 Å². The lowest BCUT2D eigenvalue weighted by Gasteiger charge is -2.06. The highest BCUT2D eigenvalue weighted by molar-refractivity contribution is 6.35. The van der Waals surface area contributed by atoms with Crippen LogP contribution in [0, 0.1) is 0 Å². The van der Waals surface area contributed by atoms with Crippen molar-refractivity contribution in [1.29, 1.82) is 0 Å². The molecule has 0 aliphatic rings. The number of benzene rings is 1. The first kappa shape index (κ1) is 12.6. The molecule has 4 nitrogen and oxygen atoms in total. The van der Waals surface area contributed by atoms with Crippen LogP contribution < -0.4 is 4.74 Å². The lowest BCUT2D eigenvalue weighted by molar-refractivity contribution is 0.463. The van der Waals surface area contributed by atoms with Crippen molar-refractivity contribution in [2.75, 3.05) is 0 Å². The number of aliphatic imine (C=N–C) groups is 1. The molecule has 0 N–H and O–H groups in total. The minimum Gasteiger partial charge on any atom is -0.438 e. The number of pyridine rings is 1. The van der Waals surface area contributed by atoms with Crippen molar-refractivity contribution in [3.63, 3.8) is 0 Å². The maximum absolute atomic E-state index is 10.1. The Hall–Kier alpha value is -1.87. The maximum atomic E-state index is 10.1. The van der Waals surface area contributed by atoms with Gasteiger partial charge in [-0.3, -0.25) is 0 Å². The Kier molecular flexibility index (Phi) is 3.95. The monoisotopic (exact) mass is 280 g/mol. The third-order valence-electron chi connectivity index (χ3n) is 2.00. The van der Waals surface area contributed by atoms with E-state index >= 15 is 0 Å². The van der Waals surface area contributed by atoms with Crippen molar-refractivity contribution in [3.8, 4) is 11.6 Å². The molecule has 1 aromatic heterocycles. The molecule has 0 aliphatic heterocycles. The fourth-order valence-electron chi connectivity index (χ4n) is 1.23. The van der Waals surface area contributed by atoms with Crippen LogP contribution >= 0.6 is 23.2 Å². The van der Waals surface area contributed by atoms with Gasteiger partial charge in [0.15, 0.2) is 0 Å². The van der Waals surface area contributed by atoms with Gasteiger partial charge in [0, 0.05) is 6.20 Å². The molecule has 0 bridgehead atoms. The van der Waals surface area contributed by atoms with E-state index in [9.17, 15) is 4.79 Å². The summed E-state index contributed by atoms with van der Waals surface area (Å²) in [6, 6.07) is 8.05. The zero-order valence-electron chi connectivity index (χ0n) is 8.93. The van der Waals surface area contributed by atoms with Crippen LogP contribution in [0.25, 0.3) is 0 Å². The summed E-state index contributed by atoms with van der Waals surface area (Å²) in [5.74, 6) is 0.782. The molecule has 0 spiro atoms. The average Bonchev–Trinajstić information content (AvgIpc) is 2.35. The van der Waals surface area contributed by atoms with E-state index in [1.807, 2.05) is 0 Å². The van der Waals surface area contributed by atoms with Crippen LogP contribution in [0.3, 0.4) is 0 Å². The Morgan fingerprint density at radius 1 is 1.22 bits per heavy atom. The molecule has 6 heteroatoms. The predicted molar refractivity (Wildman–Crippen MR) is 68.6 cm³/mol. The molecule has 0 unspecified atom stereocenters. The SMILES string of the molecule is O=C=Nc1ccc(Oc2ncc(Cl)cc2Cl)cc1. The number of nitrogens with zero attached hydrogens (tertiary/aromatic N) is 2. The largest absolute Gasteiger partial charge is 0.438 e. The normalized spacial score (nSPS) is 9.67. The standard InChI is InChI=1S/C12H6Cl2N2O2/c13-8-5-11(14)12(15-6-8)18-10-3-1-9(2-4-10)16-7-17/h1-6H.